The molecule has 0 spiro atoms. The molecule has 1 aromatic rings. The van der Waals surface area contributed by atoms with Crippen LogP contribution < -0.4 is 5.32 Å². The van der Waals surface area contributed by atoms with Crippen molar-refractivity contribution in [3.8, 4) is 0 Å². The number of piperidine rings is 1. The smallest absolute Gasteiger partial charge is 0.253 e. The average molecular weight is 273 g/mol. The molecule has 4 nitrogen and oxygen atoms in total. The number of hydrogen-bond donors (Lipinski definition) is 1. The van der Waals surface area contributed by atoms with Crippen molar-refractivity contribution in [2.24, 2.45) is 5.92 Å². The van der Waals surface area contributed by atoms with E-state index in [9.17, 15) is 4.79 Å². The molecule has 20 heavy (non-hydrogen) atoms. The fourth-order valence-electron chi connectivity index (χ4n) is 2.59. The van der Waals surface area contributed by atoms with E-state index in [1.54, 1.807) is 12.4 Å². The Hall–Kier alpha value is -1.68. The van der Waals surface area contributed by atoms with Gasteiger partial charge in [-0.15, -0.1) is 6.58 Å². The van der Waals surface area contributed by atoms with Gasteiger partial charge in [-0.25, -0.2) is 0 Å². The van der Waals surface area contributed by atoms with Crippen molar-refractivity contribution in [1.82, 2.24) is 15.2 Å². The molecule has 4 heteroatoms. The van der Waals surface area contributed by atoms with Crippen LogP contribution in [0.5, 0.6) is 0 Å². The largest absolute Gasteiger partial charge is 0.352 e. The summed E-state index contributed by atoms with van der Waals surface area (Å²) in [5.41, 5.74) is 1.65. The van der Waals surface area contributed by atoms with Crippen LogP contribution in [0.25, 0.3) is 0 Å². The van der Waals surface area contributed by atoms with Gasteiger partial charge in [0, 0.05) is 25.5 Å². The Balaban J connectivity index is 1.78. The quantitative estimate of drug-likeness (QED) is 0.835. The Morgan fingerprint density at radius 2 is 2.30 bits per heavy atom. The van der Waals surface area contributed by atoms with Gasteiger partial charge in [0.1, 0.15) is 0 Å². The Morgan fingerprint density at radius 1 is 1.55 bits per heavy atom. The van der Waals surface area contributed by atoms with E-state index in [1.165, 1.54) is 0 Å². The number of nitrogens with zero attached hydrogens (tertiary/aromatic N) is 2. The van der Waals surface area contributed by atoms with Gasteiger partial charge in [-0.05, 0) is 50.4 Å². The van der Waals surface area contributed by atoms with Crippen LogP contribution in [0, 0.1) is 12.8 Å². The summed E-state index contributed by atoms with van der Waals surface area (Å²) >= 11 is 0. The average Bonchev–Trinajstić information content (AvgIpc) is 2.47. The number of pyridine rings is 1. The second-order valence-corrected chi connectivity index (χ2v) is 5.43. The van der Waals surface area contributed by atoms with Crippen molar-refractivity contribution in [3.63, 3.8) is 0 Å². The van der Waals surface area contributed by atoms with Gasteiger partial charge in [-0.2, -0.15) is 0 Å². The second-order valence-electron chi connectivity index (χ2n) is 5.43. The van der Waals surface area contributed by atoms with E-state index in [1.807, 2.05) is 19.1 Å². The van der Waals surface area contributed by atoms with Crippen LogP contribution in [0.4, 0.5) is 0 Å². The number of aryl methyl sites for hydroxylation is 1. The number of likely N-dealkylation sites (tertiary alicyclic amines) is 1. The first kappa shape index (κ1) is 14.7. The maximum absolute atomic E-state index is 12.1. The number of carbonyl (C=O) groups is 1. The first-order chi connectivity index (χ1) is 9.70. The van der Waals surface area contributed by atoms with E-state index in [-0.39, 0.29) is 5.91 Å². The number of aromatic nitrogens is 1. The van der Waals surface area contributed by atoms with Gasteiger partial charge in [0.2, 0.25) is 0 Å². The van der Waals surface area contributed by atoms with Crippen LogP contribution in [0.15, 0.2) is 31.1 Å². The topological polar surface area (TPSA) is 45.2 Å². The van der Waals surface area contributed by atoms with E-state index in [2.05, 4.69) is 21.8 Å². The molecular formula is C16H23N3O. The monoisotopic (exact) mass is 273 g/mol. The predicted molar refractivity (Wildman–Crippen MR) is 80.7 cm³/mol. The molecular weight excluding hydrogens is 250 g/mol. The summed E-state index contributed by atoms with van der Waals surface area (Å²) in [5.74, 6) is 0.570. The third-order valence-electron chi connectivity index (χ3n) is 3.93. The van der Waals surface area contributed by atoms with Gasteiger partial charge in [0.25, 0.3) is 5.91 Å². The zero-order chi connectivity index (χ0) is 14.4. The Labute approximate surface area is 120 Å². The molecule has 0 atom stereocenters. The Morgan fingerprint density at radius 3 is 2.95 bits per heavy atom. The molecule has 1 saturated heterocycles. The molecule has 1 aliphatic rings. The van der Waals surface area contributed by atoms with Crippen molar-refractivity contribution in [2.45, 2.75) is 19.8 Å². The van der Waals surface area contributed by atoms with Gasteiger partial charge in [-0.1, -0.05) is 6.08 Å². The molecule has 0 saturated carbocycles. The summed E-state index contributed by atoms with van der Waals surface area (Å²) < 4.78 is 0. The molecule has 0 unspecified atom stereocenters. The van der Waals surface area contributed by atoms with Crippen molar-refractivity contribution in [1.29, 1.82) is 0 Å². The van der Waals surface area contributed by atoms with E-state index in [0.29, 0.717) is 11.5 Å². The number of hydrogen-bond acceptors (Lipinski definition) is 3. The van der Waals surface area contributed by atoms with E-state index < -0.39 is 0 Å². The molecule has 1 aromatic heterocycles. The first-order valence-corrected chi connectivity index (χ1v) is 7.22. The Bertz CT molecular complexity index is 465. The number of amides is 1. The number of carbonyl (C=O) groups excluding carboxylic acids is 1. The zero-order valence-electron chi connectivity index (χ0n) is 12.1. The van der Waals surface area contributed by atoms with Crippen LogP contribution in [0.3, 0.4) is 0 Å². The molecule has 0 radical (unpaired) electrons. The lowest BCUT2D eigenvalue weighted by molar-refractivity contribution is 0.0936. The van der Waals surface area contributed by atoms with Crippen molar-refractivity contribution >= 4 is 5.91 Å². The van der Waals surface area contributed by atoms with Crippen LogP contribution in [0.2, 0.25) is 0 Å². The SMILES string of the molecule is C=CCN1CCC(CNC(=O)c2cnccc2C)CC1. The lowest BCUT2D eigenvalue weighted by atomic mass is 9.96. The van der Waals surface area contributed by atoms with Gasteiger partial charge in [0.15, 0.2) is 0 Å². The number of rotatable bonds is 5. The summed E-state index contributed by atoms with van der Waals surface area (Å²) in [5, 5.41) is 3.04. The van der Waals surface area contributed by atoms with Crippen molar-refractivity contribution < 1.29 is 4.79 Å². The van der Waals surface area contributed by atoms with Gasteiger partial charge in [0.05, 0.1) is 5.56 Å². The van der Waals surface area contributed by atoms with Crippen LogP contribution >= 0.6 is 0 Å². The zero-order valence-corrected chi connectivity index (χ0v) is 12.1. The highest BCUT2D eigenvalue weighted by Gasteiger charge is 2.19. The summed E-state index contributed by atoms with van der Waals surface area (Å²) in [6.07, 6.45) is 7.58. The van der Waals surface area contributed by atoms with Gasteiger partial charge in [-0.3, -0.25) is 14.7 Å². The summed E-state index contributed by atoms with van der Waals surface area (Å²) in [6, 6.07) is 1.86. The van der Waals surface area contributed by atoms with E-state index in [4.69, 9.17) is 0 Å². The van der Waals surface area contributed by atoms with Gasteiger partial charge >= 0.3 is 0 Å². The Kier molecular flexibility index (Phi) is 5.30. The molecule has 0 aromatic carbocycles. The summed E-state index contributed by atoms with van der Waals surface area (Å²) in [7, 11) is 0. The summed E-state index contributed by atoms with van der Waals surface area (Å²) in [6.45, 7) is 9.62. The van der Waals surface area contributed by atoms with E-state index in [0.717, 1.165) is 44.6 Å². The van der Waals surface area contributed by atoms with Crippen LogP contribution in [-0.2, 0) is 0 Å². The number of nitrogens with one attached hydrogen (secondary N) is 1. The normalized spacial score (nSPS) is 16.9. The third kappa shape index (κ3) is 3.90. The minimum Gasteiger partial charge on any atom is -0.352 e. The first-order valence-electron chi connectivity index (χ1n) is 7.22. The molecule has 1 N–H and O–H groups in total. The third-order valence-corrected chi connectivity index (χ3v) is 3.93. The molecule has 0 aliphatic carbocycles. The maximum Gasteiger partial charge on any atom is 0.253 e. The fourth-order valence-corrected chi connectivity index (χ4v) is 2.59. The van der Waals surface area contributed by atoms with Gasteiger partial charge < -0.3 is 5.32 Å². The molecule has 2 rings (SSSR count). The predicted octanol–water partition coefficient (Wildman–Crippen LogP) is 2.02. The molecule has 2 heterocycles. The molecule has 1 amide bonds. The fraction of sp³-hybridized carbons (Fsp3) is 0.500. The lowest BCUT2D eigenvalue weighted by Crippen LogP contribution is -2.38. The van der Waals surface area contributed by atoms with E-state index >= 15 is 0 Å². The lowest BCUT2D eigenvalue weighted by Gasteiger charge is -2.31. The molecule has 108 valence electrons. The summed E-state index contributed by atoms with van der Waals surface area (Å²) in [4.78, 5) is 18.5. The maximum atomic E-state index is 12.1. The highest BCUT2D eigenvalue weighted by atomic mass is 16.1. The highest BCUT2D eigenvalue weighted by molar-refractivity contribution is 5.95. The minimum absolute atomic E-state index is 0.0101. The highest BCUT2D eigenvalue weighted by Crippen LogP contribution is 2.16. The second kappa shape index (κ2) is 7.20. The van der Waals surface area contributed by atoms with Crippen molar-refractivity contribution in [3.05, 3.63) is 42.2 Å². The van der Waals surface area contributed by atoms with Crippen LogP contribution in [0.1, 0.15) is 28.8 Å². The minimum atomic E-state index is -0.0101. The molecule has 1 aliphatic heterocycles. The van der Waals surface area contributed by atoms with Crippen molar-refractivity contribution in [2.75, 3.05) is 26.2 Å². The standard InChI is InChI=1S/C16H23N3O/c1-3-8-19-9-5-14(6-10-19)11-18-16(20)15-12-17-7-4-13(15)2/h3-4,7,12,14H,1,5-6,8-11H2,2H3,(H,18,20). The molecule has 1 fully saturated rings. The van der Waals surface area contributed by atoms with Crippen LogP contribution in [-0.4, -0.2) is 42.0 Å². The molecule has 0 bridgehead atoms.